The van der Waals surface area contributed by atoms with Gasteiger partial charge in [-0.2, -0.15) is 0 Å². The SMILES string of the molecule is OB(O)c1ccc2cc(-c3ccc4ccccc4c3)ccc2c1. The van der Waals surface area contributed by atoms with Crippen molar-refractivity contribution in [1.29, 1.82) is 0 Å². The molecular weight excluding hydrogens is 283 g/mol. The van der Waals surface area contributed by atoms with Crippen molar-refractivity contribution in [3.05, 3.63) is 78.9 Å². The molecule has 0 atom stereocenters. The zero-order valence-corrected chi connectivity index (χ0v) is 12.5. The largest absolute Gasteiger partial charge is 0.488 e. The molecule has 0 fully saturated rings. The van der Waals surface area contributed by atoms with Crippen LogP contribution < -0.4 is 5.46 Å². The summed E-state index contributed by atoms with van der Waals surface area (Å²) in [5, 5.41) is 23.1. The lowest BCUT2D eigenvalue weighted by Gasteiger charge is -2.07. The fourth-order valence-electron chi connectivity index (χ4n) is 2.97. The van der Waals surface area contributed by atoms with Gasteiger partial charge in [0.2, 0.25) is 0 Å². The van der Waals surface area contributed by atoms with Crippen LogP contribution in [0.15, 0.2) is 78.9 Å². The summed E-state index contributed by atoms with van der Waals surface area (Å²) in [7, 11) is -1.43. The van der Waals surface area contributed by atoms with Crippen molar-refractivity contribution >= 4 is 34.1 Å². The first-order valence-electron chi connectivity index (χ1n) is 7.60. The molecule has 0 aliphatic rings. The van der Waals surface area contributed by atoms with Gasteiger partial charge in [0.15, 0.2) is 0 Å². The van der Waals surface area contributed by atoms with Crippen LogP contribution in [0.3, 0.4) is 0 Å². The summed E-state index contributed by atoms with van der Waals surface area (Å²) in [5.74, 6) is 0. The Hall–Kier alpha value is -2.62. The van der Waals surface area contributed by atoms with Crippen molar-refractivity contribution in [3.63, 3.8) is 0 Å². The van der Waals surface area contributed by atoms with E-state index in [1.54, 1.807) is 6.07 Å². The number of fused-ring (bicyclic) bond motifs is 2. The number of rotatable bonds is 2. The minimum absolute atomic E-state index is 0.510. The quantitative estimate of drug-likeness (QED) is 0.557. The zero-order chi connectivity index (χ0) is 15.8. The van der Waals surface area contributed by atoms with E-state index in [1.165, 1.54) is 16.3 Å². The van der Waals surface area contributed by atoms with E-state index in [4.69, 9.17) is 0 Å². The molecule has 0 radical (unpaired) electrons. The molecule has 0 amide bonds. The molecule has 0 saturated heterocycles. The third kappa shape index (κ3) is 2.61. The molecule has 0 saturated carbocycles. The maximum atomic E-state index is 9.27. The summed E-state index contributed by atoms with van der Waals surface area (Å²) >= 11 is 0. The first-order chi connectivity index (χ1) is 11.2. The predicted octanol–water partition coefficient (Wildman–Crippen LogP) is 3.34. The van der Waals surface area contributed by atoms with E-state index in [2.05, 4.69) is 42.5 Å². The van der Waals surface area contributed by atoms with Crippen LogP contribution in [0.5, 0.6) is 0 Å². The third-order valence-electron chi connectivity index (χ3n) is 4.25. The first kappa shape index (κ1) is 14.0. The molecule has 0 aromatic heterocycles. The highest BCUT2D eigenvalue weighted by Crippen LogP contribution is 2.27. The van der Waals surface area contributed by atoms with E-state index in [1.807, 2.05) is 30.3 Å². The van der Waals surface area contributed by atoms with E-state index in [0.717, 1.165) is 16.3 Å². The standard InChI is InChI=1S/C20H15BO2/c22-21(23)20-10-9-18-12-17(7-8-19(18)13-20)16-6-5-14-3-1-2-4-15(14)11-16/h1-13,22-23H. The second-order valence-corrected chi connectivity index (χ2v) is 5.76. The lowest BCUT2D eigenvalue weighted by molar-refractivity contribution is 0.426. The second kappa shape index (κ2) is 5.54. The Labute approximate surface area is 134 Å². The monoisotopic (exact) mass is 298 g/mol. The van der Waals surface area contributed by atoms with Crippen LogP contribution in [0.2, 0.25) is 0 Å². The molecule has 0 unspecified atom stereocenters. The van der Waals surface area contributed by atoms with E-state index < -0.39 is 7.12 Å². The summed E-state index contributed by atoms with van der Waals surface area (Å²) in [5.41, 5.74) is 2.84. The Morgan fingerprint density at radius 3 is 1.74 bits per heavy atom. The van der Waals surface area contributed by atoms with E-state index in [9.17, 15) is 10.0 Å². The van der Waals surface area contributed by atoms with Gasteiger partial charge in [0, 0.05) is 0 Å². The molecule has 0 aliphatic carbocycles. The molecule has 0 bridgehead atoms. The van der Waals surface area contributed by atoms with Gasteiger partial charge in [0.1, 0.15) is 0 Å². The van der Waals surface area contributed by atoms with Gasteiger partial charge in [-0.15, -0.1) is 0 Å². The van der Waals surface area contributed by atoms with E-state index >= 15 is 0 Å². The molecular formula is C20H15BO2. The zero-order valence-electron chi connectivity index (χ0n) is 12.5. The van der Waals surface area contributed by atoms with Gasteiger partial charge in [-0.25, -0.2) is 0 Å². The van der Waals surface area contributed by atoms with Crippen molar-refractivity contribution in [2.75, 3.05) is 0 Å². The van der Waals surface area contributed by atoms with Crippen molar-refractivity contribution in [3.8, 4) is 11.1 Å². The van der Waals surface area contributed by atoms with Crippen LogP contribution in [-0.4, -0.2) is 17.2 Å². The maximum absolute atomic E-state index is 9.27. The van der Waals surface area contributed by atoms with Crippen LogP contribution >= 0.6 is 0 Å². The minimum Gasteiger partial charge on any atom is -0.423 e. The topological polar surface area (TPSA) is 40.5 Å². The number of benzene rings is 4. The van der Waals surface area contributed by atoms with Crippen molar-refractivity contribution in [1.82, 2.24) is 0 Å². The highest BCUT2D eigenvalue weighted by molar-refractivity contribution is 6.58. The molecule has 2 N–H and O–H groups in total. The molecule has 23 heavy (non-hydrogen) atoms. The van der Waals surface area contributed by atoms with Crippen LogP contribution in [0.1, 0.15) is 0 Å². The summed E-state index contributed by atoms with van der Waals surface area (Å²) < 4.78 is 0. The van der Waals surface area contributed by atoms with Gasteiger partial charge < -0.3 is 10.0 Å². The van der Waals surface area contributed by atoms with E-state index in [0.29, 0.717) is 5.46 Å². The molecule has 0 spiro atoms. The maximum Gasteiger partial charge on any atom is 0.488 e. The third-order valence-corrected chi connectivity index (χ3v) is 4.25. The van der Waals surface area contributed by atoms with Gasteiger partial charge >= 0.3 is 7.12 Å². The van der Waals surface area contributed by atoms with Crippen molar-refractivity contribution in [2.45, 2.75) is 0 Å². The molecule has 0 aliphatic heterocycles. The number of hydrogen-bond donors (Lipinski definition) is 2. The molecule has 2 nitrogen and oxygen atoms in total. The van der Waals surface area contributed by atoms with E-state index in [-0.39, 0.29) is 0 Å². The fraction of sp³-hybridized carbons (Fsp3) is 0. The first-order valence-corrected chi connectivity index (χ1v) is 7.60. The average molecular weight is 298 g/mol. The van der Waals surface area contributed by atoms with Gasteiger partial charge in [-0.05, 0) is 50.3 Å². The average Bonchev–Trinajstić information content (AvgIpc) is 2.60. The minimum atomic E-state index is -1.43. The predicted molar refractivity (Wildman–Crippen MR) is 96.7 cm³/mol. The molecule has 3 heteroatoms. The number of hydrogen-bond acceptors (Lipinski definition) is 2. The van der Waals surface area contributed by atoms with Crippen molar-refractivity contribution in [2.24, 2.45) is 0 Å². The molecule has 0 heterocycles. The Bertz CT molecular complexity index is 1010. The Balaban J connectivity index is 1.82. The highest BCUT2D eigenvalue weighted by atomic mass is 16.4. The normalized spacial score (nSPS) is 11.0. The van der Waals surface area contributed by atoms with Crippen LogP contribution in [0.4, 0.5) is 0 Å². The molecule has 4 aromatic rings. The van der Waals surface area contributed by atoms with Crippen LogP contribution in [0.25, 0.3) is 32.7 Å². The lowest BCUT2D eigenvalue weighted by atomic mass is 9.79. The summed E-state index contributed by atoms with van der Waals surface area (Å²) in [6.45, 7) is 0. The summed E-state index contributed by atoms with van der Waals surface area (Å²) in [6.07, 6.45) is 0. The summed E-state index contributed by atoms with van der Waals surface area (Å²) in [4.78, 5) is 0. The smallest absolute Gasteiger partial charge is 0.423 e. The van der Waals surface area contributed by atoms with Crippen LogP contribution in [-0.2, 0) is 0 Å². The fourth-order valence-corrected chi connectivity index (χ4v) is 2.97. The van der Waals surface area contributed by atoms with Gasteiger partial charge in [0.05, 0.1) is 0 Å². The van der Waals surface area contributed by atoms with Gasteiger partial charge in [0.25, 0.3) is 0 Å². The van der Waals surface area contributed by atoms with Crippen LogP contribution in [0, 0.1) is 0 Å². The highest BCUT2D eigenvalue weighted by Gasteiger charge is 2.11. The lowest BCUT2D eigenvalue weighted by Crippen LogP contribution is -2.29. The van der Waals surface area contributed by atoms with Gasteiger partial charge in [-0.3, -0.25) is 0 Å². The Morgan fingerprint density at radius 1 is 0.522 bits per heavy atom. The Morgan fingerprint density at radius 2 is 1.04 bits per heavy atom. The van der Waals surface area contributed by atoms with Crippen molar-refractivity contribution < 1.29 is 10.0 Å². The second-order valence-electron chi connectivity index (χ2n) is 5.76. The molecule has 4 rings (SSSR count). The molecule has 4 aromatic carbocycles. The summed E-state index contributed by atoms with van der Waals surface area (Å²) in [6, 6.07) is 26.5. The Kier molecular flexibility index (Phi) is 3.38. The molecule has 110 valence electrons. The van der Waals surface area contributed by atoms with Gasteiger partial charge in [-0.1, -0.05) is 66.7 Å².